The van der Waals surface area contributed by atoms with Gasteiger partial charge in [0.25, 0.3) is 0 Å². The Balaban J connectivity index is 2.46. The summed E-state index contributed by atoms with van der Waals surface area (Å²) in [5.41, 5.74) is 1.81. The van der Waals surface area contributed by atoms with Gasteiger partial charge >= 0.3 is 5.97 Å². The van der Waals surface area contributed by atoms with Gasteiger partial charge in [0.2, 0.25) is 0 Å². The number of rotatable bonds is 1. The molecule has 0 bridgehead atoms. The molecule has 1 N–H and O–H groups in total. The summed E-state index contributed by atoms with van der Waals surface area (Å²) in [4.78, 5) is 15.9. The van der Waals surface area contributed by atoms with Crippen molar-refractivity contribution < 1.29 is 19.0 Å². The maximum absolute atomic E-state index is 13.5. The van der Waals surface area contributed by atoms with E-state index >= 15 is 0 Å². The van der Waals surface area contributed by atoms with E-state index in [1.54, 1.807) is 0 Å². The second kappa shape index (κ2) is 4.54. The second-order valence-electron chi connectivity index (χ2n) is 4.30. The zero-order valence-corrected chi connectivity index (χ0v) is 11.3. The average Bonchev–Trinajstić information content (AvgIpc) is 2.36. The lowest BCUT2D eigenvalue weighted by Crippen LogP contribution is -2.17. The molecule has 6 heteroatoms. The number of halogens is 2. The van der Waals surface area contributed by atoms with E-state index in [1.807, 2.05) is 0 Å². The fraction of sp³-hybridized carbons (Fsp3) is 0.231. The van der Waals surface area contributed by atoms with Crippen LogP contribution in [-0.2, 0) is 17.8 Å². The van der Waals surface area contributed by atoms with E-state index in [2.05, 4.69) is 20.9 Å². The molecule has 0 fully saturated rings. The molecule has 2 aromatic rings. The lowest BCUT2D eigenvalue weighted by Gasteiger charge is -2.19. The lowest BCUT2D eigenvalue weighted by atomic mass is 9.98. The number of hydrogen-bond acceptors (Lipinski definition) is 3. The molecule has 0 saturated carbocycles. The first-order valence-corrected chi connectivity index (χ1v) is 6.49. The smallest absolute Gasteiger partial charge is 0.336 e. The van der Waals surface area contributed by atoms with Gasteiger partial charge in [-0.1, -0.05) is 0 Å². The monoisotopic (exact) mass is 325 g/mol. The molecule has 98 valence electrons. The van der Waals surface area contributed by atoms with E-state index < -0.39 is 11.8 Å². The number of nitrogens with zero attached hydrogens (tertiary/aromatic N) is 1. The molecule has 0 atom stereocenters. The van der Waals surface area contributed by atoms with Crippen LogP contribution in [0, 0.1) is 5.82 Å². The molecular formula is C13H9BrFNO3. The zero-order valence-electron chi connectivity index (χ0n) is 9.74. The summed E-state index contributed by atoms with van der Waals surface area (Å²) in [6.45, 7) is 0.720. The molecule has 19 heavy (non-hydrogen) atoms. The van der Waals surface area contributed by atoms with Gasteiger partial charge in [-0.3, -0.25) is 4.98 Å². The first kappa shape index (κ1) is 12.5. The van der Waals surface area contributed by atoms with E-state index in [1.165, 1.54) is 12.1 Å². The van der Waals surface area contributed by atoms with Gasteiger partial charge in [0, 0.05) is 27.5 Å². The minimum Gasteiger partial charge on any atom is -0.478 e. The van der Waals surface area contributed by atoms with Gasteiger partial charge < -0.3 is 9.84 Å². The minimum absolute atomic E-state index is 0.0832. The first-order valence-electron chi connectivity index (χ1n) is 5.69. The first-order chi connectivity index (χ1) is 9.08. The Kier molecular flexibility index (Phi) is 2.99. The number of benzene rings is 1. The van der Waals surface area contributed by atoms with Crippen LogP contribution < -0.4 is 0 Å². The summed E-state index contributed by atoms with van der Waals surface area (Å²) < 4.78 is 19.2. The number of carboxylic acids is 1. The molecule has 4 nitrogen and oxygen atoms in total. The van der Waals surface area contributed by atoms with Crippen LogP contribution in [0.25, 0.3) is 10.9 Å². The van der Waals surface area contributed by atoms with Gasteiger partial charge in [-0.05, 0) is 28.1 Å². The van der Waals surface area contributed by atoms with Crippen molar-refractivity contribution in [3.63, 3.8) is 0 Å². The number of ether oxygens (including phenoxy) is 1. The van der Waals surface area contributed by atoms with Crippen LogP contribution in [0.5, 0.6) is 0 Å². The molecule has 0 amide bonds. The molecule has 0 radical (unpaired) electrons. The van der Waals surface area contributed by atoms with E-state index in [9.17, 15) is 14.3 Å². The molecule has 1 aromatic carbocycles. The highest BCUT2D eigenvalue weighted by atomic mass is 79.9. The van der Waals surface area contributed by atoms with Crippen molar-refractivity contribution in [3.05, 3.63) is 39.2 Å². The van der Waals surface area contributed by atoms with E-state index in [-0.39, 0.29) is 12.2 Å². The standard InChI is InChI=1S/C13H9BrFNO3/c14-9-4-6(15)3-7-11(13(17)18)8-5-19-2-1-10(8)16-12(7)9/h3-4H,1-2,5H2,(H,17,18). The molecule has 1 aliphatic heterocycles. The van der Waals surface area contributed by atoms with Crippen molar-refractivity contribution in [2.24, 2.45) is 0 Å². The SMILES string of the molecule is O=C(O)c1c2c(nc3c(Br)cc(F)cc13)CCOC2. The number of aromatic carboxylic acids is 1. The Morgan fingerprint density at radius 3 is 3.00 bits per heavy atom. The molecule has 0 unspecified atom stereocenters. The summed E-state index contributed by atoms with van der Waals surface area (Å²) in [5.74, 6) is -1.59. The second-order valence-corrected chi connectivity index (χ2v) is 5.16. The number of fused-ring (bicyclic) bond motifs is 2. The summed E-state index contributed by atoms with van der Waals surface area (Å²) in [7, 11) is 0. The fourth-order valence-electron chi connectivity index (χ4n) is 2.33. The highest BCUT2D eigenvalue weighted by Crippen LogP contribution is 2.31. The molecule has 1 aliphatic rings. The van der Waals surface area contributed by atoms with E-state index in [0.717, 1.165) is 0 Å². The van der Waals surface area contributed by atoms with Gasteiger partial charge in [-0.2, -0.15) is 0 Å². The van der Waals surface area contributed by atoms with Crippen molar-refractivity contribution in [1.29, 1.82) is 0 Å². The predicted molar refractivity (Wildman–Crippen MR) is 69.7 cm³/mol. The Morgan fingerprint density at radius 1 is 1.47 bits per heavy atom. The summed E-state index contributed by atoms with van der Waals surface area (Å²) >= 11 is 3.23. The number of aromatic nitrogens is 1. The number of hydrogen-bond donors (Lipinski definition) is 1. The van der Waals surface area contributed by atoms with Crippen LogP contribution in [0.4, 0.5) is 4.39 Å². The molecule has 0 aliphatic carbocycles. The van der Waals surface area contributed by atoms with Gasteiger partial charge in [0.05, 0.1) is 24.3 Å². The summed E-state index contributed by atoms with van der Waals surface area (Å²) in [6.07, 6.45) is 0.565. The number of carboxylic acid groups (broad SMARTS) is 1. The van der Waals surface area contributed by atoms with Crippen molar-refractivity contribution in [2.45, 2.75) is 13.0 Å². The van der Waals surface area contributed by atoms with Gasteiger partial charge in [-0.25, -0.2) is 9.18 Å². The third-order valence-corrected chi connectivity index (χ3v) is 3.74. The normalized spacial score (nSPS) is 14.4. The van der Waals surface area contributed by atoms with Crippen molar-refractivity contribution in [3.8, 4) is 0 Å². The highest BCUT2D eigenvalue weighted by Gasteiger charge is 2.24. The quantitative estimate of drug-likeness (QED) is 0.875. The van der Waals surface area contributed by atoms with Crippen molar-refractivity contribution in [2.75, 3.05) is 6.61 Å². The third kappa shape index (κ3) is 2.01. The van der Waals surface area contributed by atoms with Crippen LogP contribution in [0.1, 0.15) is 21.6 Å². The van der Waals surface area contributed by atoms with Crippen molar-refractivity contribution in [1.82, 2.24) is 4.98 Å². The molecule has 2 heterocycles. The van der Waals surface area contributed by atoms with Crippen LogP contribution in [-0.4, -0.2) is 22.7 Å². The maximum Gasteiger partial charge on any atom is 0.336 e. The third-order valence-electron chi connectivity index (χ3n) is 3.14. The van der Waals surface area contributed by atoms with E-state index in [0.29, 0.717) is 39.7 Å². The van der Waals surface area contributed by atoms with Crippen molar-refractivity contribution >= 4 is 32.8 Å². The van der Waals surface area contributed by atoms with Gasteiger partial charge in [-0.15, -0.1) is 0 Å². The fourth-order valence-corrected chi connectivity index (χ4v) is 2.85. The average molecular weight is 326 g/mol. The highest BCUT2D eigenvalue weighted by molar-refractivity contribution is 9.10. The largest absolute Gasteiger partial charge is 0.478 e. The summed E-state index contributed by atoms with van der Waals surface area (Å²) in [6, 6.07) is 2.48. The number of carbonyl (C=O) groups is 1. The van der Waals surface area contributed by atoms with Gasteiger partial charge in [0.1, 0.15) is 5.82 Å². The zero-order chi connectivity index (χ0) is 13.6. The molecule has 0 saturated heterocycles. The maximum atomic E-state index is 13.5. The minimum atomic E-state index is -1.09. The van der Waals surface area contributed by atoms with Gasteiger partial charge in [0.15, 0.2) is 0 Å². The number of pyridine rings is 1. The Labute approximate surface area is 116 Å². The summed E-state index contributed by atoms with van der Waals surface area (Å²) in [5, 5.41) is 9.69. The molecule has 0 spiro atoms. The Bertz CT molecular complexity index is 702. The topological polar surface area (TPSA) is 59.4 Å². The van der Waals surface area contributed by atoms with E-state index in [4.69, 9.17) is 4.74 Å². The Hall–Kier alpha value is -1.53. The Morgan fingerprint density at radius 2 is 2.26 bits per heavy atom. The van der Waals surface area contributed by atoms with Crippen LogP contribution >= 0.6 is 15.9 Å². The van der Waals surface area contributed by atoms with Crippen LogP contribution in [0.3, 0.4) is 0 Å². The predicted octanol–water partition coefficient (Wildman–Crippen LogP) is 2.91. The molecular weight excluding hydrogens is 317 g/mol. The van der Waals surface area contributed by atoms with Crippen LogP contribution in [0.2, 0.25) is 0 Å². The van der Waals surface area contributed by atoms with Crippen LogP contribution in [0.15, 0.2) is 16.6 Å². The lowest BCUT2D eigenvalue weighted by molar-refractivity contribution is 0.0683. The molecule has 1 aromatic heterocycles. The molecule has 3 rings (SSSR count).